The molecule has 0 atom stereocenters. The van der Waals surface area contributed by atoms with Crippen LogP contribution in [0.15, 0.2) is 24.3 Å². The molecule has 2 rings (SSSR count). The van der Waals surface area contributed by atoms with Gasteiger partial charge in [-0.25, -0.2) is 4.79 Å². The van der Waals surface area contributed by atoms with Crippen LogP contribution >= 0.6 is 0 Å². The predicted octanol–water partition coefficient (Wildman–Crippen LogP) is 3.02. The molecule has 1 amide bonds. The van der Waals surface area contributed by atoms with Gasteiger partial charge in [-0.05, 0) is 51.2 Å². The van der Waals surface area contributed by atoms with Crippen molar-refractivity contribution >= 4 is 6.09 Å². The average molecular weight is 334 g/mol. The second-order valence-corrected chi connectivity index (χ2v) is 7.40. The molecule has 1 aromatic rings. The summed E-state index contributed by atoms with van der Waals surface area (Å²) in [6.45, 7) is 7.04. The van der Waals surface area contributed by atoms with Gasteiger partial charge < -0.3 is 20.1 Å². The van der Waals surface area contributed by atoms with Crippen LogP contribution in [-0.2, 0) is 22.4 Å². The summed E-state index contributed by atoms with van der Waals surface area (Å²) in [7, 11) is 1.78. The first-order chi connectivity index (χ1) is 11.4. The minimum Gasteiger partial charge on any atom is -0.444 e. The molecule has 0 spiro atoms. The SMILES string of the molecule is COC1CC(NCc2ccc(CCNC(=O)OC(C)(C)C)cc2)C1. The van der Waals surface area contributed by atoms with Crippen LogP contribution in [0.1, 0.15) is 44.7 Å². The fraction of sp³-hybridized carbons (Fsp3) is 0.632. The van der Waals surface area contributed by atoms with Crippen LogP contribution in [0.4, 0.5) is 4.79 Å². The lowest BCUT2D eigenvalue weighted by atomic mass is 9.89. The fourth-order valence-electron chi connectivity index (χ4n) is 2.63. The highest BCUT2D eigenvalue weighted by atomic mass is 16.6. The lowest BCUT2D eigenvalue weighted by molar-refractivity contribution is 0.0170. The Bertz CT molecular complexity index is 516. The summed E-state index contributed by atoms with van der Waals surface area (Å²) in [6.07, 6.45) is 3.07. The molecule has 0 heterocycles. The minimum absolute atomic E-state index is 0.363. The first kappa shape index (κ1) is 18.7. The van der Waals surface area contributed by atoms with Gasteiger partial charge in [0.2, 0.25) is 0 Å². The highest BCUT2D eigenvalue weighted by Gasteiger charge is 2.28. The quantitative estimate of drug-likeness (QED) is 0.805. The molecule has 0 aliphatic heterocycles. The summed E-state index contributed by atoms with van der Waals surface area (Å²) in [5.74, 6) is 0. The van der Waals surface area contributed by atoms with Gasteiger partial charge in [-0.3, -0.25) is 0 Å². The number of hydrogen-bond donors (Lipinski definition) is 2. The smallest absolute Gasteiger partial charge is 0.407 e. The standard InChI is InChI=1S/C19H30N2O3/c1-19(2,3)24-18(22)20-10-9-14-5-7-15(8-6-14)13-21-16-11-17(12-16)23-4/h5-8,16-17,21H,9-13H2,1-4H3,(H,20,22). The highest BCUT2D eigenvalue weighted by Crippen LogP contribution is 2.22. The number of alkyl carbamates (subject to hydrolysis) is 1. The van der Waals surface area contributed by atoms with Crippen LogP contribution in [0, 0.1) is 0 Å². The molecule has 5 heteroatoms. The Kier molecular flexibility index (Phi) is 6.63. The Balaban J connectivity index is 1.64. The number of ether oxygens (including phenoxy) is 2. The summed E-state index contributed by atoms with van der Waals surface area (Å²) in [5.41, 5.74) is 2.03. The zero-order valence-corrected chi connectivity index (χ0v) is 15.2. The predicted molar refractivity (Wildman–Crippen MR) is 95.0 cm³/mol. The molecule has 24 heavy (non-hydrogen) atoms. The van der Waals surface area contributed by atoms with E-state index in [9.17, 15) is 4.79 Å². The zero-order chi connectivity index (χ0) is 17.6. The third-order valence-corrected chi connectivity index (χ3v) is 4.13. The van der Waals surface area contributed by atoms with Crippen LogP contribution in [-0.4, -0.2) is 37.5 Å². The summed E-state index contributed by atoms with van der Waals surface area (Å²) in [4.78, 5) is 11.6. The number of carbonyl (C=O) groups excluding carboxylic acids is 1. The number of amides is 1. The van der Waals surface area contributed by atoms with Crippen LogP contribution < -0.4 is 10.6 Å². The second-order valence-electron chi connectivity index (χ2n) is 7.40. The van der Waals surface area contributed by atoms with Gasteiger partial charge in [0, 0.05) is 26.2 Å². The summed E-state index contributed by atoms with van der Waals surface area (Å²) < 4.78 is 10.5. The lowest BCUT2D eigenvalue weighted by Crippen LogP contribution is -2.44. The maximum absolute atomic E-state index is 11.6. The average Bonchev–Trinajstić information content (AvgIpc) is 2.45. The fourth-order valence-corrected chi connectivity index (χ4v) is 2.63. The number of hydrogen-bond acceptors (Lipinski definition) is 4. The van der Waals surface area contributed by atoms with Crippen LogP contribution in [0.5, 0.6) is 0 Å². The normalized spacial score (nSPS) is 20.3. The molecular weight excluding hydrogens is 304 g/mol. The van der Waals surface area contributed by atoms with Crippen LogP contribution in [0.2, 0.25) is 0 Å². The molecule has 134 valence electrons. The molecule has 5 nitrogen and oxygen atoms in total. The van der Waals surface area contributed by atoms with Crippen molar-refractivity contribution < 1.29 is 14.3 Å². The van der Waals surface area contributed by atoms with Crippen molar-refractivity contribution in [2.45, 2.75) is 64.3 Å². The monoisotopic (exact) mass is 334 g/mol. The first-order valence-corrected chi connectivity index (χ1v) is 8.66. The molecule has 1 aromatic carbocycles. The van der Waals surface area contributed by atoms with Crippen molar-refractivity contribution in [1.82, 2.24) is 10.6 Å². The van der Waals surface area contributed by atoms with E-state index < -0.39 is 5.60 Å². The molecule has 0 bridgehead atoms. The highest BCUT2D eigenvalue weighted by molar-refractivity contribution is 5.67. The molecule has 1 aliphatic carbocycles. The minimum atomic E-state index is -0.456. The maximum Gasteiger partial charge on any atom is 0.407 e. The van der Waals surface area contributed by atoms with Crippen LogP contribution in [0.3, 0.4) is 0 Å². The van der Waals surface area contributed by atoms with E-state index in [0.29, 0.717) is 18.7 Å². The van der Waals surface area contributed by atoms with E-state index in [2.05, 4.69) is 34.9 Å². The van der Waals surface area contributed by atoms with Crippen molar-refractivity contribution in [2.24, 2.45) is 0 Å². The summed E-state index contributed by atoms with van der Waals surface area (Å²) in [5, 5.41) is 6.33. The molecule has 0 saturated heterocycles. The van der Waals surface area contributed by atoms with E-state index in [1.54, 1.807) is 7.11 Å². The molecule has 1 saturated carbocycles. The Morgan fingerprint density at radius 3 is 2.38 bits per heavy atom. The van der Waals surface area contributed by atoms with E-state index in [0.717, 1.165) is 25.8 Å². The number of rotatable bonds is 7. The molecule has 1 aliphatic rings. The van der Waals surface area contributed by atoms with Crippen molar-refractivity contribution in [3.05, 3.63) is 35.4 Å². The van der Waals surface area contributed by atoms with E-state index in [4.69, 9.17) is 9.47 Å². The zero-order valence-electron chi connectivity index (χ0n) is 15.2. The third-order valence-electron chi connectivity index (χ3n) is 4.13. The van der Waals surface area contributed by atoms with Gasteiger partial charge in [0.15, 0.2) is 0 Å². The topological polar surface area (TPSA) is 59.6 Å². The van der Waals surface area contributed by atoms with Gasteiger partial charge in [0.05, 0.1) is 6.10 Å². The largest absolute Gasteiger partial charge is 0.444 e. The Morgan fingerprint density at radius 2 is 1.79 bits per heavy atom. The Hall–Kier alpha value is -1.59. The number of carbonyl (C=O) groups is 1. The molecular formula is C19H30N2O3. The van der Waals surface area contributed by atoms with Gasteiger partial charge >= 0.3 is 6.09 Å². The third kappa shape index (κ3) is 6.49. The van der Waals surface area contributed by atoms with Crippen molar-refractivity contribution in [3.63, 3.8) is 0 Å². The van der Waals surface area contributed by atoms with E-state index in [1.807, 2.05) is 20.8 Å². The maximum atomic E-state index is 11.6. The molecule has 0 unspecified atom stereocenters. The summed E-state index contributed by atoms with van der Waals surface area (Å²) >= 11 is 0. The van der Waals surface area contributed by atoms with Crippen molar-refractivity contribution in [2.75, 3.05) is 13.7 Å². The van der Waals surface area contributed by atoms with E-state index in [-0.39, 0.29) is 6.09 Å². The first-order valence-electron chi connectivity index (χ1n) is 8.66. The summed E-state index contributed by atoms with van der Waals surface area (Å²) in [6, 6.07) is 9.09. The molecule has 2 N–H and O–H groups in total. The van der Waals surface area contributed by atoms with Gasteiger partial charge in [0.25, 0.3) is 0 Å². The number of benzene rings is 1. The van der Waals surface area contributed by atoms with Gasteiger partial charge in [0.1, 0.15) is 5.60 Å². The molecule has 0 radical (unpaired) electrons. The van der Waals surface area contributed by atoms with E-state index >= 15 is 0 Å². The van der Waals surface area contributed by atoms with Crippen molar-refractivity contribution in [3.8, 4) is 0 Å². The number of nitrogens with one attached hydrogen (secondary N) is 2. The molecule has 1 fully saturated rings. The van der Waals surface area contributed by atoms with Crippen molar-refractivity contribution in [1.29, 1.82) is 0 Å². The van der Waals surface area contributed by atoms with Crippen LogP contribution in [0.25, 0.3) is 0 Å². The van der Waals surface area contributed by atoms with E-state index in [1.165, 1.54) is 11.1 Å². The second kappa shape index (κ2) is 8.49. The molecule has 0 aromatic heterocycles. The number of methoxy groups -OCH3 is 1. The Morgan fingerprint density at radius 1 is 1.17 bits per heavy atom. The Labute approximate surface area is 145 Å². The van der Waals surface area contributed by atoms with Gasteiger partial charge in [-0.15, -0.1) is 0 Å². The van der Waals surface area contributed by atoms with Gasteiger partial charge in [-0.2, -0.15) is 0 Å². The lowest BCUT2D eigenvalue weighted by Gasteiger charge is -2.34. The van der Waals surface area contributed by atoms with Gasteiger partial charge in [-0.1, -0.05) is 24.3 Å².